The predicted molar refractivity (Wildman–Crippen MR) is 506 cm³/mol. The molecule has 28 unspecified atom stereocenters. The van der Waals surface area contributed by atoms with Crippen LogP contribution in [0.5, 0.6) is 0 Å². The number of imidazole rings is 3. The first-order valence-corrected chi connectivity index (χ1v) is 57.7. The Kier molecular flexibility index (Phi) is 31.8. The van der Waals surface area contributed by atoms with Gasteiger partial charge in [0.1, 0.15) is 145 Å². The van der Waals surface area contributed by atoms with Crippen molar-refractivity contribution >= 4 is 181 Å². The van der Waals surface area contributed by atoms with Gasteiger partial charge >= 0.3 is 57.9 Å². The molecule has 71 heteroatoms. The molecule has 770 valence electrons. The summed E-state index contributed by atoms with van der Waals surface area (Å²) in [6.07, 6.45) is -20.5. The van der Waals surface area contributed by atoms with Crippen molar-refractivity contribution in [3.05, 3.63) is 113 Å². The average molecular weight is 2210 g/mol. The van der Waals surface area contributed by atoms with E-state index in [0.717, 1.165) is 15.5 Å². The first-order chi connectivity index (χ1) is 66.8. The minimum atomic E-state index is -5.02. The van der Waals surface area contributed by atoms with Crippen molar-refractivity contribution in [1.82, 2.24) is 87.2 Å². The number of hydrogen-bond acceptors (Lipinski definition) is 51. The molecule has 9 aromatic heterocycles. The van der Waals surface area contributed by atoms with Gasteiger partial charge in [-0.15, -0.1) is 4.52 Å². The summed E-state index contributed by atoms with van der Waals surface area (Å²) in [7, 11) is 0.127. The topological polar surface area (TPSA) is 771 Å². The third-order valence-corrected chi connectivity index (χ3v) is 32.0. The van der Waals surface area contributed by atoms with Crippen LogP contribution < -0.4 is 62.6 Å². The smallest absolute Gasteiger partial charge is 0.383 e. The zero-order valence-electron chi connectivity index (χ0n) is 74.4. The largest absolute Gasteiger partial charge is 0.582 e. The Hall–Kier alpha value is -6.77. The molecule has 0 aliphatic carbocycles. The van der Waals surface area contributed by atoms with Gasteiger partial charge < -0.3 is 148 Å². The molecule has 19 N–H and O–H groups in total. The van der Waals surface area contributed by atoms with E-state index in [9.17, 15) is 53.0 Å². The van der Waals surface area contributed by atoms with E-state index in [1.54, 1.807) is 20.8 Å². The number of thiol groups is 1. The number of methoxy groups -OCH3 is 2. The quantitative estimate of drug-likeness (QED) is 0.0127. The van der Waals surface area contributed by atoms with Crippen LogP contribution in [0.2, 0.25) is 0 Å². The normalized spacial score (nSPS) is 31.0. The molecular formula is C70H95N24O35P6S6+. The number of aromatic amines is 2. The number of anilines is 6. The number of nitrogen functional groups attached to an aromatic ring is 6. The van der Waals surface area contributed by atoms with Gasteiger partial charge in [-0.3, -0.25) is 65.1 Å². The van der Waals surface area contributed by atoms with Crippen molar-refractivity contribution in [3.8, 4) is 0 Å². The molecule has 8 aliphatic heterocycles. The number of H-pyrrole nitrogens is 2. The summed E-state index contributed by atoms with van der Waals surface area (Å²) >= 11 is 32.9. The van der Waals surface area contributed by atoms with Crippen molar-refractivity contribution in [3.63, 3.8) is 0 Å². The number of hydrogen-bond donors (Lipinski definition) is 14. The second-order valence-corrected chi connectivity index (χ2v) is 48.9. The molecular weight excluding hydrogens is 2120 g/mol. The molecule has 0 saturated carbocycles. The summed E-state index contributed by atoms with van der Waals surface area (Å²) in [4.78, 5) is 176. The first kappa shape index (κ1) is 106. The summed E-state index contributed by atoms with van der Waals surface area (Å²) < 4.78 is 170. The fourth-order valence-electron chi connectivity index (χ4n) is 17.0. The summed E-state index contributed by atoms with van der Waals surface area (Å²) in [5, 5.41) is 0. The van der Waals surface area contributed by atoms with Crippen LogP contribution in [0.15, 0.2) is 73.9 Å². The molecule has 28 atom stereocenters. The molecule has 17 rings (SSSR count). The Morgan fingerprint density at radius 3 is 1.47 bits per heavy atom. The van der Waals surface area contributed by atoms with Gasteiger partial charge in [0.15, 0.2) is 58.7 Å². The van der Waals surface area contributed by atoms with E-state index in [1.165, 1.54) is 83.1 Å². The van der Waals surface area contributed by atoms with Crippen LogP contribution in [0.1, 0.15) is 75.2 Å². The summed E-state index contributed by atoms with van der Waals surface area (Å²) in [6, 6.07) is 1.34. The maximum atomic E-state index is 14.1. The Balaban J connectivity index is 0.648. The lowest BCUT2D eigenvalue weighted by Crippen LogP contribution is -2.47. The van der Waals surface area contributed by atoms with Crippen molar-refractivity contribution < 1.29 is 140 Å². The number of aryl methyl sites for hydroxylation is 2. The SMILES string of the molecule is COCCOC1C(OP(O)(=S)OCC2OC(n3cnc4c(=O)[nH]c(N)nc43)CC2OP(O)(=S)OCC2OC(n3ccc(N)nc3=O)CC2O[P+](=O)S)C(COP(O)(=S)OC2C(COP(O)(=S)OC3C4OCC3(COP(O)(=S)OC3C5OCC3(COC(C)C)OC5n3cc(C)c(N)nc3=O)OC4n3cnc4c(N)ncnc43)OC(n3cnc4c(=O)[nH]c(N)nc43)C2OCCOC)OC1n1cc(C)c(N)nc1=O. The van der Waals surface area contributed by atoms with E-state index in [4.69, 9.17) is 205 Å². The number of rotatable bonds is 44. The second kappa shape index (κ2) is 42.5. The van der Waals surface area contributed by atoms with E-state index in [0.29, 0.717) is 5.56 Å². The molecule has 8 saturated heterocycles. The van der Waals surface area contributed by atoms with E-state index >= 15 is 0 Å². The number of nitrogens with one attached hydrogen (secondary N) is 2. The Morgan fingerprint density at radius 1 is 0.504 bits per heavy atom. The summed E-state index contributed by atoms with van der Waals surface area (Å²) in [6.45, 7) is -22.9. The Labute approximate surface area is 825 Å². The molecule has 141 heavy (non-hydrogen) atoms. The van der Waals surface area contributed by atoms with Gasteiger partial charge in [0.25, 0.3) is 11.1 Å². The third-order valence-electron chi connectivity index (χ3n) is 23.5. The molecule has 9 aromatic rings. The number of aromatic nitrogens is 18. The second-order valence-electron chi connectivity index (χ2n) is 33.3. The molecule has 59 nitrogen and oxygen atoms in total. The van der Waals surface area contributed by atoms with Crippen molar-refractivity contribution in [2.24, 2.45) is 0 Å². The highest BCUT2D eigenvalue weighted by molar-refractivity contribution is 8.39. The fourth-order valence-corrected chi connectivity index (χ4v) is 25.1. The minimum absolute atomic E-state index is 0.0132. The van der Waals surface area contributed by atoms with Gasteiger partial charge in [-0.05, 0) is 97.4 Å². The maximum absolute atomic E-state index is 14.1. The monoisotopic (exact) mass is 2210 g/mol. The number of nitrogens with zero attached hydrogens (tertiary/aromatic N) is 16. The summed E-state index contributed by atoms with van der Waals surface area (Å²) in [5.41, 5.74) is 29.0. The average Bonchev–Trinajstić information content (AvgIpc) is 1.51. The lowest BCUT2D eigenvalue weighted by atomic mass is 10.0. The minimum Gasteiger partial charge on any atom is -0.383 e. The van der Waals surface area contributed by atoms with Crippen molar-refractivity contribution in [1.29, 1.82) is 0 Å². The lowest BCUT2D eigenvalue weighted by Gasteiger charge is -2.34. The molecule has 0 aromatic carbocycles. The highest BCUT2D eigenvalue weighted by atomic mass is 32.7. The van der Waals surface area contributed by atoms with Crippen LogP contribution in [0.25, 0.3) is 33.5 Å². The van der Waals surface area contributed by atoms with E-state index in [-0.39, 0.29) is 133 Å². The standard InChI is InChI=1S/C70H94N24O35P6S6/c1-29(2)110-21-69-22-111-48(62(122-69)91-16-31(4)53(73)84-68(91)99)50(69)129-135(105,141)117-24-70-23-112-49(63(123-70)93-27-79-41-54(74)77-25-78-55(41)93)51(70)128-134(104,140)116-20-37-45(47(109-12-10-107-6)61(121-37)94-28-81-43-57(94)86-65(76)88-59(43)96)127-133(103,139)115-19-36-44(46(108-11-9-106-5)60(120-36)90-15-30(3)52(72)83-67(90)98)126-132(102,138)114-18-35-33(14-40(119-35)92-26-80-42-56(92)85-64(75)87-58(42)95)125-131(101,137)113-17-34-32(124-130(100)136)13-39(118-34)89-8-7-38(71)82-66(89)97/h7-8,15-16,25-29,32-37,39-40,44-51,60-63H,9-14,17-24H2,1-6H3,(H19-,71,72,73,74,75,76,77,78,82,83,84,85,86,87,88,95,96,97,98,99,100,101,102,103,104,105,136,137,138,139,140,141)/p+1. The van der Waals surface area contributed by atoms with E-state index in [1.807, 2.05) is 0 Å². The summed E-state index contributed by atoms with van der Waals surface area (Å²) in [5.74, 6) is -0.970. The maximum Gasteiger partial charge on any atom is 0.582 e. The highest BCUT2D eigenvalue weighted by Crippen LogP contribution is 2.62. The predicted octanol–water partition coefficient (Wildman–Crippen LogP) is -0.770. The number of fused-ring (bicyclic) bond motifs is 7. The molecule has 0 spiro atoms. The molecule has 0 radical (unpaired) electrons. The number of ether oxygens (including phenoxy) is 13. The molecule has 0 amide bonds. The molecule has 8 aliphatic rings. The van der Waals surface area contributed by atoms with Crippen molar-refractivity contribution in [2.45, 2.75) is 181 Å². The van der Waals surface area contributed by atoms with Gasteiger partial charge in [0.2, 0.25) is 11.9 Å². The Bertz CT molecular complexity index is 6780. The van der Waals surface area contributed by atoms with Crippen molar-refractivity contribution in [2.75, 3.05) is 128 Å². The third kappa shape index (κ3) is 22.8. The van der Waals surface area contributed by atoms with E-state index in [2.05, 4.69) is 72.1 Å². The van der Waals surface area contributed by atoms with Crippen LogP contribution in [-0.4, -0.2) is 308 Å². The molecule has 8 fully saturated rings. The van der Waals surface area contributed by atoms with Crippen LogP contribution in [0.4, 0.5) is 35.2 Å². The van der Waals surface area contributed by atoms with Crippen LogP contribution in [0, 0.1) is 13.8 Å². The van der Waals surface area contributed by atoms with Gasteiger partial charge in [-0.1, -0.05) is 0 Å². The van der Waals surface area contributed by atoms with Gasteiger partial charge in [0.05, 0.1) is 110 Å². The van der Waals surface area contributed by atoms with Gasteiger partial charge in [-0.2, -0.15) is 24.9 Å². The van der Waals surface area contributed by atoms with Gasteiger partial charge in [-0.25, -0.2) is 39.3 Å². The van der Waals surface area contributed by atoms with Crippen LogP contribution in [0.3, 0.4) is 0 Å². The zero-order chi connectivity index (χ0) is 101. The zero-order valence-corrected chi connectivity index (χ0v) is 84.8. The Morgan fingerprint density at radius 2 is 0.943 bits per heavy atom. The fraction of sp³-hybridized carbons (Fsp3) is 0.614. The van der Waals surface area contributed by atoms with Crippen LogP contribution in [-0.2, 0) is 175 Å². The lowest BCUT2D eigenvalue weighted by molar-refractivity contribution is -0.197. The molecule has 4 bridgehead atoms. The molecule has 17 heterocycles. The van der Waals surface area contributed by atoms with E-state index < -0.39 is 243 Å². The highest BCUT2D eigenvalue weighted by Gasteiger charge is 2.68. The number of nitrogens with two attached hydrogens (primary N) is 6. The first-order valence-electron chi connectivity index (χ1n) is 42.4. The van der Waals surface area contributed by atoms with Gasteiger partial charge in [0, 0.05) is 56.8 Å². The van der Waals surface area contributed by atoms with Crippen LogP contribution >= 0.6 is 53.1 Å².